The molecule has 0 unspecified atom stereocenters. The van der Waals surface area contributed by atoms with Crippen molar-refractivity contribution >= 4 is 39.9 Å². The van der Waals surface area contributed by atoms with Crippen LogP contribution in [-0.2, 0) is 11.4 Å². The number of ether oxygens (including phenoxy) is 2. The summed E-state index contributed by atoms with van der Waals surface area (Å²) in [5.41, 5.74) is 1.68. The molecule has 1 aliphatic heterocycles. The van der Waals surface area contributed by atoms with Crippen LogP contribution in [0.2, 0.25) is 0 Å². The Balaban J connectivity index is 1.82. The van der Waals surface area contributed by atoms with Gasteiger partial charge >= 0.3 is 12.0 Å². The van der Waals surface area contributed by atoms with Crippen molar-refractivity contribution in [3.05, 3.63) is 63.3 Å². The van der Waals surface area contributed by atoms with E-state index in [2.05, 4.69) is 21.2 Å². The molecule has 1 aliphatic rings. The van der Waals surface area contributed by atoms with E-state index in [0.29, 0.717) is 40.1 Å². The van der Waals surface area contributed by atoms with Crippen molar-refractivity contribution in [3.8, 4) is 11.5 Å². The third-order valence-electron chi connectivity index (χ3n) is 4.53. The van der Waals surface area contributed by atoms with Crippen LogP contribution in [0.1, 0.15) is 34.8 Å². The highest BCUT2D eigenvalue weighted by Gasteiger charge is 2.32. The van der Waals surface area contributed by atoms with Gasteiger partial charge in [-0.05, 0) is 63.8 Å². The molecular formula is C22H21BrN2O6. The van der Waals surface area contributed by atoms with Crippen LogP contribution >= 0.6 is 15.9 Å². The van der Waals surface area contributed by atoms with Gasteiger partial charge < -0.3 is 19.9 Å². The van der Waals surface area contributed by atoms with Gasteiger partial charge in [-0.15, -0.1) is 0 Å². The van der Waals surface area contributed by atoms with Crippen molar-refractivity contribution in [1.29, 1.82) is 0 Å². The number of rotatable bonds is 8. The molecule has 0 spiro atoms. The minimum Gasteiger partial charge on any atom is -0.493 e. The third-order valence-corrected chi connectivity index (χ3v) is 5.12. The Labute approximate surface area is 187 Å². The average Bonchev–Trinajstić information content (AvgIpc) is 3.00. The van der Waals surface area contributed by atoms with Gasteiger partial charge in [-0.2, -0.15) is 0 Å². The number of carboxylic acids is 1. The Hall–Kier alpha value is -3.33. The summed E-state index contributed by atoms with van der Waals surface area (Å²) in [6.07, 6.45) is 2.25. The molecule has 3 amide bonds. The second-order valence-corrected chi connectivity index (χ2v) is 7.63. The molecule has 0 aliphatic carbocycles. The molecule has 1 fully saturated rings. The van der Waals surface area contributed by atoms with E-state index in [0.717, 1.165) is 0 Å². The second kappa shape index (κ2) is 9.65. The quantitative estimate of drug-likeness (QED) is 0.429. The fraction of sp³-hybridized carbons (Fsp3) is 0.227. The number of carboxylic acid groups (broad SMARTS) is 1. The largest absolute Gasteiger partial charge is 0.493 e. The van der Waals surface area contributed by atoms with Crippen LogP contribution in [-0.4, -0.2) is 41.6 Å². The first-order chi connectivity index (χ1) is 14.8. The first-order valence-corrected chi connectivity index (χ1v) is 10.3. The van der Waals surface area contributed by atoms with Gasteiger partial charge in [0.2, 0.25) is 0 Å². The SMILES string of the molecule is CCCN1C(=O)N/C(=C/c2cc(Br)c(OCc3cccc(C(=O)O)c3)c(OC)c2)C1=O. The summed E-state index contributed by atoms with van der Waals surface area (Å²) in [5.74, 6) is -0.540. The van der Waals surface area contributed by atoms with Gasteiger partial charge in [0.25, 0.3) is 5.91 Å². The molecule has 0 saturated carbocycles. The summed E-state index contributed by atoms with van der Waals surface area (Å²) in [6, 6.07) is 9.45. The average molecular weight is 489 g/mol. The fourth-order valence-corrected chi connectivity index (χ4v) is 3.65. The summed E-state index contributed by atoms with van der Waals surface area (Å²) < 4.78 is 11.9. The lowest BCUT2D eigenvalue weighted by Crippen LogP contribution is -2.31. The minimum atomic E-state index is -1.01. The third kappa shape index (κ3) is 5.05. The highest BCUT2D eigenvalue weighted by atomic mass is 79.9. The molecule has 1 saturated heterocycles. The Morgan fingerprint density at radius 1 is 1.26 bits per heavy atom. The van der Waals surface area contributed by atoms with Crippen LogP contribution in [0.25, 0.3) is 6.08 Å². The van der Waals surface area contributed by atoms with Crippen LogP contribution in [0.4, 0.5) is 4.79 Å². The number of amides is 3. The predicted molar refractivity (Wildman–Crippen MR) is 117 cm³/mol. The molecule has 9 heteroatoms. The van der Waals surface area contributed by atoms with E-state index in [1.54, 1.807) is 30.3 Å². The maximum absolute atomic E-state index is 12.4. The number of methoxy groups -OCH3 is 1. The van der Waals surface area contributed by atoms with Crippen molar-refractivity contribution in [3.63, 3.8) is 0 Å². The molecule has 2 aromatic rings. The smallest absolute Gasteiger partial charge is 0.335 e. The van der Waals surface area contributed by atoms with Gasteiger partial charge in [0.05, 0.1) is 17.1 Å². The number of nitrogens with one attached hydrogen (secondary N) is 1. The molecule has 0 aromatic heterocycles. The number of nitrogens with zero attached hydrogens (tertiary/aromatic N) is 1. The zero-order valence-corrected chi connectivity index (χ0v) is 18.6. The van der Waals surface area contributed by atoms with Crippen LogP contribution < -0.4 is 14.8 Å². The van der Waals surface area contributed by atoms with E-state index >= 15 is 0 Å². The zero-order chi connectivity index (χ0) is 22.5. The van der Waals surface area contributed by atoms with Gasteiger partial charge in [-0.25, -0.2) is 9.59 Å². The number of carbonyl (C=O) groups excluding carboxylic acids is 2. The van der Waals surface area contributed by atoms with Crippen LogP contribution in [0, 0.1) is 0 Å². The molecule has 0 atom stereocenters. The Bertz CT molecular complexity index is 1070. The van der Waals surface area contributed by atoms with Gasteiger partial charge in [0.15, 0.2) is 11.5 Å². The van der Waals surface area contributed by atoms with Crippen molar-refractivity contribution in [2.24, 2.45) is 0 Å². The van der Waals surface area contributed by atoms with Gasteiger partial charge in [0.1, 0.15) is 12.3 Å². The molecule has 1 heterocycles. The standard InChI is InChI=1S/C22H21BrN2O6/c1-3-7-25-20(26)17(24-22(25)29)10-14-9-16(23)19(18(11-14)30-2)31-12-13-5-4-6-15(8-13)21(27)28/h4-6,8-11H,3,7,12H2,1-2H3,(H,24,29)(H,27,28)/b17-10+. The number of imide groups is 1. The first-order valence-electron chi connectivity index (χ1n) is 9.51. The summed E-state index contributed by atoms with van der Waals surface area (Å²) >= 11 is 3.45. The van der Waals surface area contributed by atoms with E-state index in [9.17, 15) is 14.4 Å². The van der Waals surface area contributed by atoms with E-state index < -0.39 is 12.0 Å². The predicted octanol–water partition coefficient (Wildman–Crippen LogP) is 4.04. The Morgan fingerprint density at radius 2 is 2.03 bits per heavy atom. The monoisotopic (exact) mass is 488 g/mol. The topological polar surface area (TPSA) is 105 Å². The summed E-state index contributed by atoms with van der Waals surface area (Å²) in [4.78, 5) is 36.7. The van der Waals surface area contributed by atoms with Crippen LogP contribution in [0.5, 0.6) is 11.5 Å². The highest BCUT2D eigenvalue weighted by molar-refractivity contribution is 9.10. The van der Waals surface area contributed by atoms with Crippen molar-refractivity contribution < 1.29 is 29.0 Å². The summed E-state index contributed by atoms with van der Waals surface area (Å²) in [6.45, 7) is 2.38. The fourth-order valence-electron chi connectivity index (χ4n) is 3.08. The van der Waals surface area contributed by atoms with Crippen molar-refractivity contribution in [2.75, 3.05) is 13.7 Å². The number of hydrogen-bond donors (Lipinski definition) is 2. The van der Waals surface area contributed by atoms with Crippen LogP contribution in [0.3, 0.4) is 0 Å². The van der Waals surface area contributed by atoms with E-state index in [1.165, 1.54) is 24.1 Å². The molecule has 2 aromatic carbocycles. The van der Waals surface area contributed by atoms with Crippen LogP contribution in [0.15, 0.2) is 46.6 Å². The maximum atomic E-state index is 12.4. The summed E-state index contributed by atoms with van der Waals surface area (Å²) in [5, 5.41) is 11.7. The minimum absolute atomic E-state index is 0.136. The van der Waals surface area contributed by atoms with Gasteiger partial charge in [-0.1, -0.05) is 19.1 Å². The van der Waals surface area contributed by atoms with E-state index in [1.807, 2.05) is 6.92 Å². The maximum Gasteiger partial charge on any atom is 0.335 e. The Morgan fingerprint density at radius 3 is 2.71 bits per heavy atom. The number of carbonyl (C=O) groups is 3. The lowest BCUT2D eigenvalue weighted by atomic mass is 10.1. The van der Waals surface area contributed by atoms with E-state index in [-0.39, 0.29) is 23.8 Å². The number of halogens is 1. The molecule has 31 heavy (non-hydrogen) atoms. The highest BCUT2D eigenvalue weighted by Crippen LogP contribution is 2.38. The van der Waals surface area contributed by atoms with Gasteiger partial charge in [-0.3, -0.25) is 9.69 Å². The van der Waals surface area contributed by atoms with Gasteiger partial charge in [0, 0.05) is 6.54 Å². The zero-order valence-electron chi connectivity index (χ0n) is 17.0. The number of aromatic carboxylic acids is 1. The van der Waals surface area contributed by atoms with Crippen molar-refractivity contribution in [1.82, 2.24) is 10.2 Å². The van der Waals surface area contributed by atoms with Crippen molar-refractivity contribution in [2.45, 2.75) is 20.0 Å². The molecule has 0 radical (unpaired) electrons. The first kappa shape index (κ1) is 22.4. The molecule has 0 bridgehead atoms. The normalized spacial score (nSPS) is 14.7. The number of urea groups is 1. The number of hydrogen-bond acceptors (Lipinski definition) is 5. The molecule has 3 rings (SSSR count). The molecular weight excluding hydrogens is 468 g/mol. The Kier molecular flexibility index (Phi) is 6.96. The molecule has 2 N–H and O–H groups in total. The lowest BCUT2D eigenvalue weighted by molar-refractivity contribution is -0.122. The lowest BCUT2D eigenvalue weighted by Gasteiger charge is -2.14. The summed E-state index contributed by atoms with van der Waals surface area (Å²) in [7, 11) is 1.49. The second-order valence-electron chi connectivity index (χ2n) is 6.77. The molecule has 8 nitrogen and oxygen atoms in total. The number of benzene rings is 2. The molecule has 162 valence electrons. The van der Waals surface area contributed by atoms with E-state index in [4.69, 9.17) is 14.6 Å².